The maximum absolute atomic E-state index is 12.6. The van der Waals surface area contributed by atoms with Crippen molar-refractivity contribution in [2.45, 2.75) is 38.6 Å². The number of para-hydroxylation sites is 1. The van der Waals surface area contributed by atoms with Crippen LogP contribution in [-0.2, 0) is 0 Å². The molecule has 2 amide bonds. The number of hydrogen-bond donors (Lipinski definition) is 1. The predicted molar refractivity (Wildman–Crippen MR) is 122 cm³/mol. The van der Waals surface area contributed by atoms with E-state index in [-0.39, 0.29) is 12.1 Å². The highest BCUT2D eigenvalue weighted by Crippen LogP contribution is 2.27. The van der Waals surface area contributed by atoms with Crippen molar-refractivity contribution in [2.75, 3.05) is 39.3 Å². The second-order valence-corrected chi connectivity index (χ2v) is 8.21. The normalized spacial score (nSPS) is 15.2. The molecule has 5 heteroatoms. The second kappa shape index (κ2) is 11.6. The van der Waals surface area contributed by atoms with Gasteiger partial charge in [-0.25, -0.2) is 4.79 Å². The molecular weight excluding hydrogens is 374 g/mol. The van der Waals surface area contributed by atoms with Crippen molar-refractivity contribution in [3.05, 3.63) is 66.2 Å². The molecule has 1 saturated heterocycles. The zero-order valence-electron chi connectivity index (χ0n) is 18.3. The van der Waals surface area contributed by atoms with Crippen molar-refractivity contribution in [3.63, 3.8) is 0 Å². The molecule has 1 heterocycles. The lowest BCUT2D eigenvalue weighted by Crippen LogP contribution is -2.48. The third-order valence-corrected chi connectivity index (χ3v) is 5.79. The van der Waals surface area contributed by atoms with E-state index < -0.39 is 0 Å². The smallest absolute Gasteiger partial charge is 0.317 e. The zero-order valence-corrected chi connectivity index (χ0v) is 18.3. The molecule has 1 N–H and O–H groups in total. The number of carbonyl (C=O) groups excluding carboxylic acids is 1. The summed E-state index contributed by atoms with van der Waals surface area (Å²) in [5, 5.41) is 3.09. The molecule has 2 aromatic rings. The van der Waals surface area contributed by atoms with E-state index in [4.69, 9.17) is 4.74 Å². The molecule has 30 heavy (non-hydrogen) atoms. The highest BCUT2D eigenvalue weighted by Gasteiger charge is 2.21. The lowest BCUT2D eigenvalue weighted by molar-refractivity contribution is 0.162. The van der Waals surface area contributed by atoms with Gasteiger partial charge in [0.25, 0.3) is 0 Å². The van der Waals surface area contributed by atoms with Gasteiger partial charge < -0.3 is 19.9 Å². The molecule has 1 aliphatic rings. The number of rotatable bonds is 9. The lowest BCUT2D eigenvalue weighted by atomic mass is 9.89. The highest BCUT2D eigenvalue weighted by molar-refractivity contribution is 5.74. The quantitative estimate of drug-likeness (QED) is 0.669. The molecule has 5 nitrogen and oxygen atoms in total. The molecule has 0 unspecified atom stereocenters. The molecule has 3 rings (SSSR count). The molecule has 2 aromatic carbocycles. The van der Waals surface area contributed by atoms with Crippen LogP contribution in [0.5, 0.6) is 5.75 Å². The van der Waals surface area contributed by atoms with E-state index in [1.165, 1.54) is 18.4 Å². The topological polar surface area (TPSA) is 44.8 Å². The van der Waals surface area contributed by atoms with Crippen molar-refractivity contribution in [2.24, 2.45) is 0 Å². The van der Waals surface area contributed by atoms with Gasteiger partial charge >= 0.3 is 6.03 Å². The number of nitrogens with zero attached hydrogens (tertiary/aromatic N) is 2. The fraction of sp³-hybridized carbons (Fsp3) is 0.480. The highest BCUT2D eigenvalue weighted by atomic mass is 16.5. The van der Waals surface area contributed by atoms with E-state index >= 15 is 0 Å². The van der Waals surface area contributed by atoms with Crippen LogP contribution < -0.4 is 10.1 Å². The van der Waals surface area contributed by atoms with Crippen LogP contribution in [-0.4, -0.2) is 61.2 Å². The van der Waals surface area contributed by atoms with E-state index in [1.807, 2.05) is 49.1 Å². The van der Waals surface area contributed by atoms with Crippen molar-refractivity contribution in [1.29, 1.82) is 0 Å². The molecular formula is C25H35N3O2. The summed E-state index contributed by atoms with van der Waals surface area (Å²) in [6.07, 6.45) is 2.37. The van der Waals surface area contributed by atoms with Crippen LogP contribution in [0.15, 0.2) is 60.7 Å². The van der Waals surface area contributed by atoms with Crippen LogP contribution in [0.2, 0.25) is 0 Å². The number of urea groups is 1. The summed E-state index contributed by atoms with van der Waals surface area (Å²) < 4.78 is 5.75. The second-order valence-electron chi connectivity index (χ2n) is 8.21. The van der Waals surface area contributed by atoms with Gasteiger partial charge in [0.2, 0.25) is 0 Å². The number of ether oxygens (including phenoxy) is 1. The first-order chi connectivity index (χ1) is 14.6. The number of likely N-dealkylation sites (tertiary alicyclic amines) is 1. The fourth-order valence-corrected chi connectivity index (χ4v) is 4.01. The first-order valence-corrected chi connectivity index (χ1v) is 11.1. The Morgan fingerprint density at radius 2 is 1.70 bits per heavy atom. The minimum atomic E-state index is -0.0131. The number of amides is 2. The average Bonchev–Trinajstić information content (AvgIpc) is 2.78. The van der Waals surface area contributed by atoms with Crippen molar-refractivity contribution in [3.8, 4) is 5.75 Å². The SMILES string of the molecule is CC(C)N(CCOc1ccccc1)C(=O)NCCN1CCC(c2ccccc2)CC1. The van der Waals surface area contributed by atoms with Crippen LogP contribution in [0.4, 0.5) is 4.79 Å². The number of benzene rings is 2. The Balaban J connectivity index is 1.35. The third kappa shape index (κ3) is 6.77. The van der Waals surface area contributed by atoms with Crippen LogP contribution in [0.25, 0.3) is 0 Å². The minimum Gasteiger partial charge on any atom is -0.492 e. The number of nitrogens with one attached hydrogen (secondary N) is 1. The summed E-state index contributed by atoms with van der Waals surface area (Å²) in [4.78, 5) is 16.9. The summed E-state index contributed by atoms with van der Waals surface area (Å²) in [6, 6.07) is 20.7. The molecule has 0 atom stereocenters. The number of piperidine rings is 1. The molecule has 0 aromatic heterocycles. The Morgan fingerprint density at radius 3 is 2.33 bits per heavy atom. The van der Waals surface area contributed by atoms with Crippen LogP contribution in [0, 0.1) is 0 Å². The molecule has 0 radical (unpaired) electrons. The van der Waals surface area contributed by atoms with Gasteiger partial charge in [0.1, 0.15) is 12.4 Å². The first kappa shape index (κ1) is 22.2. The summed E-state index contributed by atoms with van der Waals surface area (Å²) in [6.45, 7) is 8.90. The van der Waals surface area contributed by atoms with Crippen LogP contribution >= 0.6 is 0 Å². The summed E-state index contributed by atoms with van der Waals surface area (Å²) >= 11 is 0. The zero-order chi connectivity index (χ0) is 21.2. The molecule has 0 spiro atoms. The van der Waals surface area contributed by atoms with Gasteiger partial charge in [0.15, 0.2) is 0 Å². The molecule has 1 fully saturated rings. The van der Waals surface area contributed by atoms with E-state index in [2.05, 4.69) is 40.5 Å². The first-order valence-electron chi connectivity index (χ1n) is 11.1. The third-order valence-electron chi connectivity index (χ3n) is 5.79. The maximum atomic E-state index is 12.6. The van der Waals surface area contributed by atoms with Gasteiger partial charge in [-0.05, 0) is 63.4 Å². The average molecular weight is 410 g/mol. The molecule has 1 aliphatic heterocycles. The summed E-state index contributed by atoms with van der Waals surface area (Å²) in [7, 11) is 0. The Kier molecular flexibility index (Phi) is 8.57. The molecule has 162 valence electrons. The minimum absolute atomic E-state index is 0.0131. The molecule has 0 saturated carbocycles. The number of hydrogen-bond acceptors (Lipinski definition) is 3. The van der Waals surface area contributed by atoms with Gasteiger partial charge in [0.05, 0.1) is 6.54 Å². The van der Waals surface area contributed by atoms with E-state index in [0.717, 1.165) is 25.4 Å². The lowest BCUT2D eigenvalue weighted by Gasteiger charge is -2.32. The Hall–Kier alpha value is -2.53. The Morgan fingerprint density at radius 1 is 1.07 bits per heavy atom. The van der Waals surface area contributed by atoms with E-state index in [1.54, 1.807) is 0 Å². The van der Waals surface area contributed by atoms with E-state index in [9.17, 15) is 4.79 Å². The van der Waals surface area contributed by atoms with Crippen LogP contribution in [0.3, 0.4) is 0 Å². The van der Waals surface area contributed by atoms with Gasteiger partial charge in [-0.15, -0.1) is 0 Å². The number of carbonyl (C=O) groups is 1. The van der Waals surface area contributed by atoms with Gasteiger partial charge in [-0.2, -0.15) is 0 Å². The van der Waals surface area contributed by atoms with E-state index in [0.29, 0.717) is 25.6 Å². The van der Waals surface area contributed by atoms with Crippen molar-refractivity contribution >= 4 is 6.03 Å². The standard InChI is InChI=1S/C25H35N3O2/c1-21(2)28(19-20-30-24-11-7-4-8-12-24)25(29)26-15-18-27-16-13-23(14-17-27)22-9-5-3-6-10-22/h3-12,21,23H,13-20H2,1-2H3,(H,26,29). The maximum Gasteiger partial charge on any atom is 0.317 e. The Labute approximate surface area is 181 Å². The Bertz CT molecular complexity index is 744. The van der Waals surface area contributed by atoms with Crippen molar-refractivity contribution in [1.82, 2.24) is 15.1 Å². The van der Waals surface area contributed by atoms with Crippen LogP contribution in [0.1, 0.15) is 38.2 Å². The monoisotopic (exact) mass is 409 g/mol. The fourth-order valence-electron chi connectivity index (χ4n) is 4.01. The summed E-state index contributed by atoms with van der Waals surface area (Å²) in [5.41, 5.74) is 1.45. The summed E-state index contributed by atoms with van der Waals surface area (Å²) in [5.74, 6) is 1.50. The van der Waals surface area contributed by atoms with Gasteiger partial charge in [0, 0.05) is 19.1 Å². The van der Waals surface area contributed by atoms with Crippen molar-refractivity contribution < 1.29 is 9.53 Å². The predicted octanol–water partition coefficient (Wildman–Crippen LogP) is 4.37. The molecule has 0 bridgehead atoms. The largest absolute Gasteiger partial charge is 0.492 e. The van der Waals surface area contributed by atoms with Gasteiger partial charge in [-0.1, -0.05) is 48.5 Å². The molecule has 0 aliphatic carbocycles. The van der Waals surface area contributed by atoms with Gasteiger partial charge in [-0.3, -0.25) is 0 Å².